The lowest BCUT2D eigenvalue weighted by atomic mass is 10.0. The van der Waals surface area contributed by atoms with Crippen molar-refractivity contribution in [1.82, 2.24) is 14.1 Å². The molecular formula is C52H36N4O2. The molecule has 0 aliphatic carbocycles. The molecule has 3 heterocycles. The largest absolute Gasteiger partial charge is 0.354 e. The Kier molecular flexibility index (Phi) is 8.69. The number of H-pyrrole nitrogens is 1. The highest BCUT2D eigenvalue weighted by atomic mass is 16.6. The Balaban J connectivity index is 0.000000141. The topological polar surface area (TPSA) is 68.8 Å². The minimum Gasteiger partial charge on any atom is -0.354 e. The zero-order valence-electron chi connectivity index (χ0n) is 31.4. The van der Waals surface area contributed by atoms with Crippen LogP contribution in [0.2, 0.25) is 0 Å². The molecule has 0 saturated heterocycles. The van der Waals surface area contributed by atoms with Crippen LogP contribution >= 0.6 is 0 Å². The molecule has 0 unspecified atom stereocenters. The lowest BCUT2D eigenvalue weighted by molar-refractivity contribution is -0.384. The summed E-state index contributed by atoms with van der Waals surface area (Å²) in [5.74, 6) is 0. The van der Waals surface area contributed by atoms with Gasteiger partial charge in [-0.1, -0.05) is 140 Å². The van der Waals surface area contributed by atoms with Crippen LogP contribution in [-0.4, -0.2) is 19.0 Å². The van der Waals surface area contributed by atoms with Gasteiger partial charge in [0.1, 0.15) is 0 Å². The van der Waals surface area contributed by atoms with Gasteiger partial charge >= 0.3 is 0 Å². The fourth-order valence-corrected chi connectivity index (χ4v) is 8.21. The second kappa shape index (κ2) is 14.6. The van der Waals surface area contributed by atoms with Gasteiger partial charge in [-0.15, -0.1) is 0 Å². The predicted octanol–water partition coefficient (Wildman–Crippen LogP) is 13.8. The Morgan fingerprint density at radius 1 is 0.431 bits per heavy atom. The van der Waals surface area contributed by atoms with Crippen LogP contribution in [0.15, 0.2) is 212 Å². The predicted molar refractivity (Wildman–Crippen MR) is 239 cm³/mol. The molecule has 0 aliphatic rings. The van der Waals surface area contributed by atoms with E-state index in [-0.39, 0.29) is 10.6 Å². The molecule has 0 atom stereocenters. The number of aromatic nitrogens is 3. The van der Waals surface area contributed by atoms with Gasteiger partial charge in [-0.25, -0.2) is 0 Å². The average Bonchev–Trinajstić information content (AvgIpc) is 3.99. The van der Waals surface area contributed by atoms with Crippen LogP contribution in [0.25, 0.3) is 88.6 Å². The molecule has 11 aromatic rings. The van der Waals surface area contributed by atoms with Gasteiger partial charge in [-0.2, -0.15) is 0 Å². The molecule has 8 aromatic carbocycles. The van der Waals surface area contributed by atoms with Gasteiger partial charge in [0, 0.05) is 44.5 Å². The van der Waals surface area contributed by atoms with Crippen molar-refractivity contribution in [2.24, 2.45) is 0 Å². The van der Waals surface area contributed by atoms with Gasteiger partial charge in [0.2, 0.25) is 0 Å². The van der Waals surface area contributed by atoms with Crippen LogP contribution in [0, 0.1) is 10.1 Å². The second-order valence-electron chi connectivity index (χ2n) is 14.3. The van der Waals surface area contributed by atoms with Crippen molar-refractivity contribution in [3.8, 4) is 45.0 Å². The summed E-state index contributed by atoms with van der Waals surface area (Å²) in [7, 11) is 0. The fraction of sp³-hybridized carbons (Fsp3) is 0. The first-order valence-electron chi connectivity index (χ1n) is 19.3. The first kappa shape index (κ1) is 34.5. The Labute approximate surface area is 334 Å². The van der Waals surface area contributed by atoms with Gasteiger partial charge in [0.05, 0.1) is 38.4 Å². The zero-order valence-corrected chi connectivity index (χ0v) is 31.4. The average molecular weight is 749 g/mol. The molecule has 3 aromatic heterocycles. The molecule has 0 saturated carbocycles. The third kappa shape index (κ3) is 6.10. The molecule has 1 N–H and O–H groups in total. The summed E-state index contributed by atoms with van der Waals surface area (Å²) in [4.78, 5) is 14.8. The smallest absolute Gasteiger partial charge is 0.277 e. The molecule has 0 bridgehead atoms. The van der Waals surface area contributed by atoms with Gasteiger partial charge in [-0.05, 0) is 83.4 Å². The fourth-order valence-electron chi connectivity index (χ4n) is 8.21. The standard InChI is InChI=1S/C26H18N2O2.C26H18N2/c29-28(30)25-14-8-7-13-23(25)20-15-16-24-21(17-20)18-26(19-9-3-1-4-10-19)27(24)22-11-5-2-6-12-22;1-3-9-18(10-4-1)25-17-22-24(28(25)19-11-5-2-6-12-19)16-15-21-20-13-7-8-14-23(20)27-26(21)22/h1-18H;1-17,27H. The van der Waals surface area contributed by atoms with Crippen LogP contribution in [0.4, 0.5) is 5.69 Å². The third-order valence-corrected chi connectivity index (χ3v) is 10.8. The van der Waals surface area contributed by atoms with Crippen LogP contribution in [-0.2, 0) is 0 Å². The Morgan fingerprint density at radius 3 is 1.62 bits per heavy atom. The highest BCUT2D eigenvalue weighted by Gasteiger charge is 2.19. The minimum absolute atomic E-state index is 0.114. The number of aromatic amines is 1. The molecule has 276 valence electrons. The SMILES string of the molecule is O=[N+]([O-])c1ccccc1-c1ccc2c(c1)cc(-c1ccccc1)n2-c1ccccc1.c1ccc(-c2cc3c4[nH]c5ccccc5c4ccc3n2-c2ccccc2)cc1. The maximum atomic E-state index is 11.5. The minimum atomic E-state index is -0.329. The number of hydrogen-bond acceptors (Lipinski definition) is 2. The van der Waals surface area contributed by atoms with Crippen molar-refractivity contribution in [2.75, 3.05) is 0 Å². The second-order valence-corrected chi connectivity index (χ2v) is 14.3. The quantitative estimate of drug-likeness (QED) is 0.136. The monoisotopic (exact) mass is 748 g/mol. The first-order valence-corrected chi connectivity index (χ1v) is 19.3. The summed E-state index contributed by atoms with van der Waals surface area (Å²) >= 11 is 0. The van der Waals surface area contributed by atoms with E-state index in [9.17, 15) is 10.1 Å². The number of rotatable bonds is 6. The van der Waals surface area contributed by atoms with E-state index < -0.39 is 0 Å². The maximum absolute atomic E-state index is 11.5. The maximum Gasteiger partial charge on any atom is 0.277 e. The molecule has 0 amide bonds. The van der Waals surface area contributed by atoms with Crippen molar-refractivity contribution < 1.29 is 4.92 Å². The summed E-state index contributed by atoms with van der Waals surface area (Å²) in [5.41, 5.74) is 13.1. The molecule has 0 spiro atoms. The number of para-hydroxylation sites is 4. The zero-order chi connectivity index (χ0) is 39.0. The summed E-state index contributed by atoms with van der Waals surface area (Å²) in [6, 6.07) is 72.0. The van der Waals surface area contributed by atoms with E-state index in [2.05, 4.69) is 148 Å². The number of hydrogen-bond donors (Lipinski definition) is 1. The molecule has 6 heteroatoms. The Bertz CT molecular complexity index is 3240. The Hall–Kier alpha value is -7.96. The van der Waals surface area contributed by atoms with Crippen LogP contribution in [0.3, 0.4) is 0 Å². The first-order chi connectivity index (χ1) is 28.6. The van der Waals surface area contributed by atoms with Gasteiger partial charge < -0.3 is 14.1 Å². The van der Waals surface area contributed by atoms with Gasteiger partial charge in [0.15, 0.2) is 0 Å². The van der Waals surface area contributed by atoms with Crippen LogP contribution in [0.1, 0.15) is 0 Å². The van der Waals surface area contributed by atoms with E-state index in [0.717, 1.165) is 33.4 Å². The van der Waals surface area contributed by atoms with E-state index in [4.69, 9.17) is 0 Å². The molecule has 58 heavy (non-hydrogen) atoms. The number of nitro benzene ring substituents is 1. The lowest BCUT2D eigenvalue weighted by Gasteiger charge is -2.11. The number of nitrogens with zero attached hydrogens (tertiary/aromatic N) is 3. The van der Waals surface area contributed by atoms with Gasteiger partial charge in [0.25, 0.3) is 5.69 Å². The number of nitrogens with one attached hydrogen (secondary N) is 1. The highest BCUT2D eigenvalue weighted by molar-refractivity contribution is 6.17. The Morgan fingerprint density at radius 2 is 0.966 bits per heavy atom. The van der Waals surface area contributed by atoms with E-state index in [1.165, 1.54) is 49.7 Å². The van der Waals surface area contributed by atoms with E-state index in [1.54, 1.807) is 18.2 Å². The molecular weight excluding hydrogens is 713 g/mol. The molecule has 0 fully saturated rings. The third-order valence-electron chi connectivity index (χ3n) is 10.8. The van der Waals surface area contributed by atoms with Crippen LogP contribution in [0.5, 0.6) is 0 Å². The van der Waals surface area contributed by atoms with Crippen molar-refractivity contribution in [3.05, 3.63) is 222 Å². The molecule has 0 radical (unpaired) electrons. The van der Waals surface area contributed by atoms with E-state index in [0.29, 0.717) is 5.56 Å². The number of benzene rings is 8. The van der Waals surface area contributed by atoms with Crippen molar-refractivity contribution in [1.29, 1.82) is 0 Å². The lowest BCUT2D eigenvalue weighted by Crippen LogP contribution is -1.96. The van der Waals surface area contributed by atoms with E-state index in [1.807, 2.05) is 60.7 Å². The molecule has 11 rings (SSSR count). The summed E-state index contributed by atoms with van der Waals surface area (Å²) in [6.45, 7) is 0. The summed E-state index contributed by atoms with van der Waals surface area (Å²) < 4.78 is 4.59. The summed E-state index contributed by atoms with van der Waals surface area (Å²) in [5, 5.41) is 16.3. The normalized spacial score (nSPS) is 11.2. The highest BCUT2D eigenvalue weighted by Crippen LogP contribution is 2.39. The summed E-state index contributed by atoms with van der Waals surface area (Å²) in [6.07, 6.45) is 0. The van der Waals surface area contributed by atoms with Crippen molar-refractivity contribution in [2.45, 2.75) is 0 Å². The molecule has 0 aliphatic heterocycles. The number of nitro groups is 1. The van der Waals surface area contributed by atoms with Crippen molar-refractivity contribution in [3.63, 3.8) is 0 Å². The number of fused-ring (bicyclic) bond motifs is 6. The van der Waals surface area contributed by atoms with Crippen LogP contribution < -0.4 is 0 Å². The van der Waals surface area contributed by atoms with Gasteiger partial charge in [-0.3, -0.25) is 10.1 Å². The molecule has 6 nitrogen and oxygen atoms in total. The van der Waals surface area contributed by atoms with Crippen molar-refractivity contribution >= 4 is 49.3 Å². The van der Waals surface area contributed by atoms with E-state index >= 15 is 0 Å².